The van der Waals surface area contributed by atoms with E-state index in [0.29, 0.717) is 24.9 Å². The molecule has 1 aromatic carbocycles. The molecule has 0 heterocycles. The van der Waals surface area contributed by atoms with Crippen molar-refractivity contribution in [2.75, 3.05) is 6.54 Å². The maximum atomic E-state index is 10.6. The number of halogens is 1. The average Bonchev–Trinajstić information content (AvgIpc) is 2.28. The third kappa shape index (κ3) is 3.73. The van der Waals surface area contributed by atoms with Crippen LogP contribution in [0.2, 0.25) is 0 Å². The van der Waals surface area contributed by atoms with Crippen LogP contribution in [0.15, 0.2) is 12.1 Å². The first-order valence-corrected chi connectivity index (χ1v) is 5.13. The zero-order valence-corrected chi connectivity index (χ0v) is 10.4. The molecule has 1 rings (SSSR count). The number of hydrogen-bond acceptors (Lipinski definition) is 6. The number of phenolic OH excluding ortho intramolecular Hbond substituents is 2. The van der Waals surface area contributed by atoms with Gasteiger partial charge in [-0.05, 0) is 31.0 Å². The van der Waals surface area contributed by atoms with E-state index >= 15 is 0 Å². The molecule has 1 aromatic rings. The number of nitrogens with two attached hydrogens (primary N) is 2. The van der Waals surface area contributed by atoms with Crippen molar-refractivity contribution in [3.8, 4) is 11.5 Å². The molecule has 0 radical (unpaired) electrons. The Morgan fingerprint density at radius 3 is 2.50 bits per heavy atom. The fourth-order valence-electron chi connectivity index (χ4n) is 1.48. The van der Waals surface area contributed by atoms with Crippen molar-refractivity contribution in [2.45, 2.75) is 18.9 Å². The minimum Gasteiger partial charge on any atom is -0.504 e. The molecule has 0 aliphatic heterocycles. The highest BCUT2D eigenvalue weighted by molar-refractivity contribution is 5.85. The van der Waals surface area contributed by atoms with E-state index in [9.17, 15) is 20.3 Å². The second-order valence-corrected chi connectivity index (χ2v) is 3.70. The summed E-state index contributed by atoms with van der Waals surface area (Å²) in [7, 11) is 0. The molecule has 0 aliphatic rings. The smallest absolute Gasteiger partial charge is 0.314 e. The van der Waals surface area contributed by atoms with Gasteiger partial charge in [-0.15, -0.1) is 12.4 Å². The lowest BCUT2D eigenvalue weighted by atomic mass is 10.0. The van der Waals surface area contributed by atoms with E-state index in [1.54, 1.807) is 0 Å². The van der Waals surface area contributed by atoms with Crippen molar-refractivity contribution < 1.29 is 15.1 Å². The van der Waals surface area contributed by atoms with Gasteiger partial charge in [-0.3, -0.25) is 10.1 Å². The van der Waals surface area contributed by atoms with E-state index in [1.807, 2.05) is 0 Å². The molecule has 0 bridgehead atoms. The predicted octanol–water partition coefficient (Wildman–Crippen LogP) is 1.17. The Labute approximate surface area is 110 Å². The van der Waals surface area contributed by atoms with Crippen LogP contribution < -0.4 is 11.5 Å². The van der Waals surface area contributed by atoms with Crippen LogP contribution in [0.3, 0.4) is 0 Å². The highest BCUT2D eigenvalue weighted by atomic mass is 35.5. The Bertz CT molecular complexity index is 428. The summed E-state index contributed by atoms with van der Waals surface area (Å²) in [5.74, 6) is -1.29. The van der Waals surface area contributed by atoms with E-state index in [-0.39, 0.29) is 12.4 Å². The van der Waals surface area contributed by atoms with Crippen molar-refractivity contribution in [1.29, 1.82) is 0 Å². The van der Waals surface area contributed by atoms with E-state index in [2.05, 4.69) is 0 Å². The number of aromatic hydroxyl groups is 2. The lowest BCUT2D eigenvalue weighted by Gasteiger charge is -2.12. The van der Waals surface area contributed by atoms with Crippen LogP contribution in [0.5, 0.6) is 11.5 Å². The van der Waals surface area contributed by atoms with Crippen LogP contribution in [-0.2, 0) is 0 Å². The normalized spacial score (nSPS) is 11.7. The topological polar surface area (TPSA) is 136 Å². The molecule has 0 saturated carbocycles. The first kappa shape index (κ1) is 16.4. The van der Waals surface area contributed by atoms with E-state index in [0.717, 1.165) is 6.07 Å². The monoisotopic (exact) mass is 277 g/mol. The maximum absolute atomic E-state index is 10.6. The number of benzene rings is 1. The molecule has 8 heteroatoms. The van der Waals surface area contributed by atoms with Crippen molar-refractivity contribution in [3.63, 3.8) is 0 Å². The largest absolute Gasteiger partial charge is 0.504 e. The number of nitro groups is 1. The average molecular weight is 278 g/mol. The van der Waals surface area contributed by atoms with Crippen LogP contribution in [0.25, 0.3) is 0 Å². The summed E-state index contributed by atoms with van der Waals surface area (Å²) < 4.78 is 0. The van der Waals surface area contributed by atoms with Gasteiger partial charge < -0.3 is 21.7 Å². The molecule has 0 fully saturated rings. The fraction of sp³-hybridized carbons (Fsp3) is 0.400. The lowest BCUT2D eigenvalue weighted by Crippen LogP contribution is -2.12. The molecular weight excluding hydrogens is 262 g/mol. The SMILES string of the molecule is Cl.NCCC[C@@H](N)c1cc(O)c(O)c([N+](=O)[O-])c1. The highest BCUT2D eigenvalue weighted by Crippen LogP contribution is 2.37. The van der Waals surface area contributed by atoms with Crippen molar-refractivity contribution in [3.05, 3.63) is 27.8 Å². The van der Waals surface area contributed by atoms with Crippen LogP contribution in [0, 0.1) is 10.1 Å². The number of hydrogen-bond donors (Lipinski definition) is 4. The van der Waals surface area contributed by atoms with Gasteiger partial charge in [0, 0.05) is 12.1 Å². The number of nitro benzene ring substituents is 1. The summed E-state index contributed by atoms with van der Waals surface area (Å²) in [6, 6.07) is 1.93. The summed E-state index contributed by atoms with van der Waals surface area (Å²) in [5, 5.41) is 29.3. The van der Waals surface area contributed by atoms with Crippen LogP contribution in [0.4, 0.5) is 5.69 Å². The standard InChI is InChI=1S/C10H15N3O4.ClH/c11-3-1-2-7(12)6-4-8(13(16)17)10(15)9(14)5-6;/h4-5,7,14-15H,1-3,11-12H2;1H/t7-;/m1./s1. The lowest BCUT2D eigenvalue weighted by molar-refractivity contribution is -0.386. The van der Waals surface area contributed by atoms with Gasteiger partial charge in [0.25, 0.3) is 0 Å². The number of phenols is 2. The summed E-state index contributed by atoms with van der Waals surface area (Å²) in [6.45, 7) is 0.472. The highest BCUT2D eigenvalue weighted by Gasteiger charge is 2.20. The Balaban J connectivity index is 0.00000289. The van der Waals surface area contributed by atoms with E-state index < -0.39 is 28.2 Å². The second-order valence-electron chi connectivity index (χ2n) is 3.70. The molecule has 0 aliphatic carbocycles. The third-order valence-corrected chi connectivity index (χ3v) is 2.44. The molecule has 18 heavy (non-hydrogen) atoms. The van der Waals surface area contributed by atoms with Gasteiger partial charge >= 0.3 is 5.69 Å². The van der Waals surface area contributed by atoms with Gasteiger partial charge in [0.15, 0.2) is 5.75 Å². The third-order valence-electron chi connectivity index (χ3n) is 2.44. The Morgan fingerprint density at radius 2 is 2.00 bits per heavy atom. The molecule has 0 unspecified atom stereocenters. The molecule has 0 spiro atoms. The number of rotatable bonds is 5. The summed E-state index contributed by atoms with van der Waals surface area (Å²) in [5.41, 5.74) is 11.0. The molecule has 0 saturated heterocycles. The quantitative estimate of drug-likeness (QED) is 0.362. The Hall–Kier alpha value is -1.57. The van der Waals surface area contributed by atoms with Gasteiger partial charge in [0.05, 0.1) is 4.92 Å². The molecule has 0 aromatic heterocycles. The van der Waals surface area contributed by atoms with Crippen LogP contribution >= 0.6 is 12.4 Å². The van der Waals surface area contributed by atoms with Crippen molar-refractivity contribution >= 4 is 18.1 Å². The zero-order valence-electron chi connectivity index (χ0n) is 9.57. The van der Waals surface area contributed by atoms with Crippen molar-refractivity contribution in [2.24, 2.45) is 11.5 Å². The van der Waals surface area contributed by atoms with Crippen LogP contribution in [0.1, 0.15) is 24.4 Å². The minimum absolute atomic E-state index is 0. The fourth-order valence-corrected chi connectivity index (χ4v) is 1.48. The van der Waals surface area contributed by atoms with Crippen LogP contribution in [-0.4, -0.2) is 21.7 Å². The first-order valence-electron chi connectivity index (χ1n) is 5.13. The minimum atomic E-state index is -0.770. The first-order chi connectivity index (χ1) is 7.97. The second kappa shape index (κ2) is 7.00. The Morgan fingerprint density at radius 1 is 1.39 bits per heavy atom. The Kier molecular flexibility index (Phi) is 6.39. The summed E-state index contributed by atoms with van der Waals surface area (Å²) in [6.07, 6.45) is 1.23. The molecule has 0 amide bonds. The molecule has 1 atom stereocenters. The van der Waals surface area contributed by atoms with Gasteiger partial charge in [-0.25, -0.2) is 0 Å². The van der Waals surface area contributed by atoms with Crippen molar-refractivity contribution in [1.82, 2.24) is 0 Å². The predicted molar refractivity (Wildman–Crippen MR) is 68.9 cm³/mol. The van der Waals surface area contributed by atoms with E-state index in [1.165, 1.54) is 6.07 Å². The summed E-state index contributed by atoms with van der Waals surface area (Å²) in [4.78, 5) is 9.87. The zero-order chi connectivity index (χ0) is 13.0. The van der Waals surface area contributed by atoms with Gasteiger partial charge in [0.1, 0.15) is 0 Å². The maximum Gasteiger partial charge on any atom is 0.314 e. The summed E-state index contributed by atoms with van der Waals surface area (Å²) >= 11 is 0. The molecular formula is C10H16ClN3O4. The molecule has 6 N–H and O–H groups in total. The molecule has 7 nitrogen and oxygen atoms in total. The van der Waals surface area contributed by atoms with Gasteiger partial charge in [-0.2, -0.15) is 0 Å². The van der Waals surface area contributed by atoms with E-state index in [4.69, 9.17) is 11.5 Å². The number of nitrogens with zero attached hydrogens (tertiary/aromatic N) is 1. The van der Waals surface area contributed by atoms with Gasteiger partial charge in [-0.1, -0.05) is 0 Å². The van der Waals surface area contributed by atoms with Gasteiger partial charge in [0.2, 0.25) is 5.75 Å². The molecule has 102 valence electrons.